The van der Waals surface area contributed by atoms with Gasteiger partial charge < -0.3 is 19.7 Å². The van der Waals surface area contributed by atoms with Gasteiger partial charge in [0.15, 0.2) is 5.78 Å². The van der Waals surface area contributed by atoms with Gasteiger partial charge in [0.2, 0.25) is 0 Å². The van der Waals surface area contributed by atoms with Crippen LogP contribution in [0.4, 0.5) is 0 Å². The first-order chi connectivity index (χ1) is 11.4. The van der Waals surface area contributed by atoms with E-state index in [1.807, 2.05) is 0 Å². The van der Waals surface area contributed by atoms with Crippen LogP contribution in [-0.4, -0.2) is 57.6 Å². The number of Topliss-reactive ketones (excluding diaryl/α,β-unsaturated/α-hetero) is 1. The predicted octanol–water partition coefficient (Wildman–Crippen LogP) is -0.873. The quantitative estimate of drug-likeness (QED) is 0.561. The number of hydrogen-bond acceptors (Lipinski definition) is 7. The molecular weight excluding hydrogens is 388 g/mol. The first-order valence-corrected chi connectivity index (χ1v) is 7.96. The minimum Gasteiger partial charge on any atom is -0.390 e. The summed E-state index contributed by atoms with van der Waals surface area (Å²) in [4.78, 5) is 38.9. The smallest absolute Gasteiger partial charge is 0.330 e. The normalized spacial score (nSPS) is 25.2. The van der Waals surface area contributed by atoms with Crippen molar-refractivity contribution in [3.63, 3.8) is 0 Å². The number of ketones is 1. The molecule has 0 amide bonds. The summed E-state index contributed by atoms with van der Waals surface area (Å²) >= 11 is 3.04. The lowest BCUT2D eigenvalue weighted by molar-refractivity contribution is -0.144. The zero-order valence-electron chi connectivity index (χ0n) is 12.7. The third-order valence-electron chi connectivity index (χ3n) is 3.61. The number of aromatic nitrogens is 2. The Balaban J connectivity index is 2.26. The number of nitrogens with one attached hydrogen (secondary N) is 1. The van der Waals surface area contributed by atoms with E-state index in [1.54, 1.807) is 0 Å². The molecule has 0 saturated carbocycles. The number of carbonyl (C=O) groups excluding carboxylic acids is 1. The van der Waals surface area contributed by atoms with Gasteiger partial charge in [-0.25, -0.2) is 4.79 Å². The summed E-state index contributed by atoms with van der Waals surface area (Å²) in [6.07, 6.45) is -2.15. The highest BCUT2D eigenvalue weighted by Gasteiger charge is 2.42. The molecule has 0 aromatic carbocycles. The van der Waals surface area contributed by atoms with E-state index in [-0.39, 0.29) is 18.6 Å². The summed E-state index contributed by atoms with van der Waals surface area (Å²) in [5.41, 5.74) is -1.09. The Morgan fingerprint density at radius 1 is 1.62 bits per heavy atom. The van der Waals surface area contributed by atoms with Crippen LogP contribution in [0.2, 0.25) is 0 Å². The molecule has 2 heterocycles. The van der Waals surface area contributed by atoms with Crippen LogP contribution in [0.5, 0.6) is 0 Å². The summed E-state index contributed by atoms with van der Waals surface area (Å²) in [5.74, 6) is -0.640. The van der Waals surface area contributed by atoms with Gasteiger partial charge in [-0.1, -0.05) is 15.9 Å². The average molecular weight is 405 g/mol. The Labute approximate surface area is 144 Å². The molecule has 132 valence electrons. The third-order valence-corrected chi connectivity index (χ3v) is 3.88. The number of methoxy groups -OCH3 is 1. The van der Waals surface area contributed by atoms with Crippen LogP contribution < -0.4 is 11.2 Å². The molecule has 1 aliphatic rings. The SMILES string of the molecule is COCC(=O)C(O)[C@H]1O[C@@H](n2cc(/C=C/Br)c(=O)[nH]c2=O)C[C@@H]1O. The monoisotopic (exact) mass is 404 g/mol. The maximum atomic E-state index is 12.0. The molecule has 1 unspecified atom stereocenters. The molecule has 0 radical (unpaired) electrons. The second-order valence-electron chi connectivity index (χ2n) is 5.25. The molecular formula is C14H17BrN2O7. The van der Waals surface area contributed by atoms with Gasteiger partial charge in [0, 0.05) is 19.7 Å². The number of nitrogens with zero attached hydrogens (tertiary/aromatic N) is 1. The summed E-state index contributed by atoms with van der Waals surface area (Å²) in [6.45, 7) is -0.322. The zero-order chi connectivity index (χ0) is 17.9. The standard InChI is InChI=1S/C14H17BrN2O7/c1-23-6-9(19)11(20)12-8(18)4-10(24-12)17-5-7(2-3-15)13(21)16-14(17)22/h2-3,5,8,10-12,18,20H,4,6H2,1H3,(H,16,21,22)/b3-2+/t8-,10+,11?,12-/m0/s1. The molecule has 1 aliphatic heterocycles. The van der Waals surface area contributed by atoms with Gasteiger partial charge in [0.25, 0.3) is 5.56 Å². The summed E-state index contributed by atoms with van der Waals surface area (Å²) < 4.78 is 11.2. The lowest BCUT2D eigenvalue weighted by atomic mass is 10.0. The number of rotatable bonds is 6. The molecule has 4 atom stereocenters. The van der Waals surface area contributed by atoms with Gasteiger partial charge in [0.1, 0.15) is 25.0 Å². The fraction of sp³-hybridized carbons (Fsp3) is 0.500. The van der Waals surface area contributed by atoms with Crippen molar-refractivity contribution in [1.29, 1.82) is 0 Å². The van der Waals surface area contributed by atoms with E-state index in [1.165, 1.54) is 24.4 Å². The molecule has 0 spiro atoms. The lowest BCUT2D eigenvalue weighted by Crippen LogP contribution is -2.42. The minimum absolute atomic E-state index is 0.0224. The molecule has 0 aliphatic carbocycles. The predicted molar refractivity (Wildman–Crippen MR) is 86.7 cm³/mol. The second-order valence-corrected chi connectivity index (χ2v) is 5.77. The van der Waals surface area contributed by atoms with Gasteiger partial charge >= 0.3 is 5.69 Å². The summed E-state index contributed by atoms with van der Waals surface area (Å²) in [6, 6.07) is 0. The van der Waals surface area contributed by atoms with Crippen molar-refractivity contribution in [3.05, 3.63) is 37.6 Å². The average Bonchev–Trinajstić information content (AvgIpc) is 2.91. The Bertz CT molecular complexity index is 741. The second kappa shape index (κ2) is 7.99. The summed E-state index contributed by atoms with van der Waals surface area (Å²) in [5, 5.41) is 20.0. The van der Waals surface area contributed by atoms with Crippen LogP contribution >= 0.6 is 15.9 Å². The third kappa shape index (κ3) is 3.90. The highest BCUT2D eigenvalue weighted by atomic mass is 79.9. The largest absolute Gasteiger partial charge is 0.390 e. The number of carbonyl (C=O) groups is 1. The number of ether oxygens (including phenoxy) is 2. The van der Waals surface area contributed by atoms with E-state index in [0.717, 1.165) is 4.57 Å². The number of aliphatic hydroxyl groups is 2. The van der Waals surface area contributed by atoms with Crippen LogP contribution in [0.3, 0.4) is 0 Å². The molecule has 10 heteroatoms. The number of hydrogen-bond donors (Lipinski definition) is 3. The van der Waals surface area contributed by atoms with Crippen LogP contribution in [-0.2, 0) is 14.3 Å². The van der Waals surface area contributed by atoms with E-state index in [9.17, 15) is 24.6 Å². The zero-order valence-corrected chi connectivity index (χ0v) is 14.3. The van der Waals surface area contributed by atoms with E-state index in [2.05, 4.69) is 25.7 Å². The molecule has 3 N–H and O–H groups in total. The van der Waals surface area contributed by atoms with Crippen molar-refractivity contribution in [1.82, 2.24) is 9.55 Å². The Kier molecular flexibility index (Phi) is 6.24. The number of aromatic amines is 1. The van der Waals surface area contributed by atoms with E-state index in [4.69, 9.17) is 4.74 Å². The van der Waals surface area contributed by atoms with Crippen LogP contribution in [0.15, 0.2) is 20.8 Å². The van der Waals surface area contributed by atoms with Gasteiger partial charge in [0.05, 0.1) is 11.7 Å². The van der Waals surface area contributed by atoms with Crippen LogP contribution in [0.1, 0.15) is 18.2 Å². The fourth-order valence-electron chi connectivity index (χ4n) is 2.44. The number of H-pyrrole nitrogens is 1. The van der Waals surface area contributed by atoms with E-state index in [0.29, 0.717) is 0 Å². The van der Waals surface area contributed by atoms with Crippen molar-refractivity contribution in [2.24, 2.45) is 0 Å². The molecule has 24 heavy (non-hydrogen) atoms. The van der Waals surface area contributed by atoms with Gasteiger partial charge in [-0.15, -0.1) is 0 Å². The molecule has 1 fully saturated rings. The van der Waals surface area contributed by atoms with Crippen molar-refractivity contribution < 1.29 is 24.5 Å². The first-order valence-electron chi connectivity index (χ1n) is 7.04. The molecule has 1 aromatic rings. The maximum absolute atomic E-state index is 12.0. The topological polar surface area (TPSA) is 131 Å². The molecule has 0 bridgehead atoms. The number of halogens is 1. The Morgan fingerprint density at radius 2 is 2.33 bits per heavy atom. The molecule has 1 saturated heterocycles. The molecule has 1 aromatic heterocycles. The van der Waals surface area contributed by atoms with Crippen LogP contribution in [0, 0.1) is 0 Å². The van der Waals surface area contributed by atoms with Crippen molar-refractivity contribution in [2.45, 2.75) is 31.0 Å². The first kappa shape index (κ1) is 18.7. The molecule has 9 nitrogen and oxygen atoms in total. The van der Waals surface area contributed by atoms with Gasteiger partial charge in [-0.3, -0.25) is 19.1 Å². The fourth-order valence-corrected chi connectivity index (χ4v) is 2.73. The van der Waals surface area contributed by atoms with Crippen molar-refractivity contribution in [3.8, 4) is 0 Å². The highest BCUT2D eigenvalue weighted by molar-refractivity contribution is 9.11. The Morgan fingerprint density at radius 3 is 2.96 bits per heavy atom. The van der Waals surface area contributed by atoms with Gasteiger partial charge in [-0.05, 0) is 11.1 Å². The highest BCUT2D eigenvalue weighted by Crippen LogP contribution is 2.29. The van der Waals surface area contributed by atoms with Crippen molar-refractivity contribution in [2.75, 3.05) is 13.7 Å². The van der Waals surface area contributed by atoms with E-state index >= 15 is 0 Å². The maximum Gasteiger partial charge on any atom is 0.330 e. The Hall–Kier alpha value is -1.59. The lowest BCUT2D eigenvalue weighted by Gasteiger charge is -2.20. The van der Waals surface area contributed by atoms with Crippen LogP contribution in [0.25, 0.3) is 6.08 Å². The number of aliphatic hydroxyl groups excluding tert-OH is 2. The van der Waals surface area contributed by atoms with E-state index < -0.39 is 41.6 Å². The molecule has 2 rings (SSSR count). The minimum atomic E-state index is -1.58. The van der Waals surface area contributed by atoms with Gasteiger partial charge in [-0.2, -0.15) is 0 Å². The summed E-state index contributed by atoms with van der Waals surface area (Å²) in [7, 11) is 1.30. The van der Waals surface area contributed by atoms with Crippen molar-refractivity contribution >= 4 is 27.8 Å².